The molecule has 1 heterocycles. The van der Waals surface area contributed by atoms with Gasteiger partial charge in [0.05, 0.1) is 35.7 Å². The van der Waals surface area contributed by atoms with E-state index in [1.807, 2.05) is 79.7 Å². The molecule has 5 aromatic rings. The fourth-order valence-corrected chi connectivity index (χ4v) is 5.57. The van der Waals surface area contributed by atoms with Gasteiger partial charge in [-0.2, -0.15) is 18.4 Å². The number of aliphatic imine (C=N–C) groups is 1. The average Bonchev–Trinajstić information content (AvgIpc) is 3.87. The molecule has 6 nitrogen and oxygen atoms in total. The fourth-order valence-electron chi connectivity index (χ4n) is 5.57. The van der Waals surface area contributed by atoms with E-state index in [-0.39, 0.29) is 23.3 Å². The van der Waals surface area contributed by atoms with Crippen LogP contribution in [0.5, 0.6) is 0 Å². The van der Waals surface area contributed by atoms with E-state index in [1.54, 1.807) is 30.5 Å². The molecule has 0 aliphatic heterocycles. The lowest BCUT2D eigenvalue weighted by molar-refractivity contribution is -0.133. The van der Waals surface area contributed by atoms with Gasteiger partial charge in [-0.05, 0) is 59.7 Å². The lowest BCUT2D eigenvalue weighted by atomic mass is 9.94. The number of carbonyl (C=O) groups excluding carboxylic acids is 2. The molecule has 0 bridgehead atoms. The first-order valence-corrected chi connectivity index (χ1v) is 15.1. The van der Waals surface area contributed by atoms with Gasteiger partial charge >= 0.3 is 6.18 Å². The van der Waals surface area contributed by atoms with Gasteiger partial charge in [-0.15, -0.1) is 0 Å². The van der Waals surface area contributed by atoms with Crippen LogP contribution in [-0.4, -0.2) is 28.6 Å². The van der Waals surface area contributed by atoms with Crippen LogP contribution in [0.2, 0.25) is 0 Å². The van der Waals surface area contributed by atoms with Crippen LogP contribution in [0.15, 0.2) is 108 Å². The summed E-state index contributed by atoms with van der Waals surface area (Å²) in [7, 11) is 0. The molecule has 4 aromatic carbocycles. The highest BCUT2D eigenvalue weighted by Gasteiger charge is 2.43. The predicted octanol–water partition coefficient (Wildman–Crippen LogP) is 9.00. The molecule has 1 aliphatic rings. The number of aromatic nitrogens is 1. The standard InChI is InChI=1S/C38H29F3N4O2/c1-23-16-26(34(46)14-15-38(39,40)41)12-13-30(23)27-17-28-20-35(45-37(47)31-18-29(31)21-42)43-22-32(28)33(19-27)44-36(24-8-4-2-5-9-24)25-10-6-3-7-11-25/h2-13,16-17,19-20,22,29,31H,14-15,18H2,1H3,(H,43,45,47)/t29-,31+/m1/s1. The monoisotopic (exact) mass is 630 g/mol. The van der Waals surface area contributed by atoms with Crippen LogP contribution >= 0.6 is 0 Å². The van der Waals surface area contributed by atoms with Gasteiger partial charge in [-0.1, -0.05) is 72.8 Å². The summed E-state index contributed by atoms with van der Waals surface area (Å²) < 4.78 is 38.2. The van der Waals surface area contributed by atoms with Crippen LogP contribution in [0.25, 0.3) is 21.9 Å². The zero-order valence-electron chi connectivity index (χ0n) is 25.4. The molecule has 0 saturated heterocycles. The molecule has 47 heavy (non-hydrogen) atoms. The zero-order valence-corrected chi connectivity index (χ0v) is 25.4. The molecule has 6 rings (SSSR count). The number of pyridine rings is 1. The van der Waals surface area contributed by atoms with Crippen molar-refractivity contribution in [1.29, 1.82) is 5.26 Å². The first kappa shape index (κ1) is 31.4. The van der Waals surface area contributed by atoms with Gasteiger partial charge in [0, 0.05) is 34.7 Å². The third-order valence-electron chi connectivity index (χ3n) is 8.18. The van der Waals surface area contributed by atoms with Gasteiger partial charge in [0.1, 0.15) is 5.82 Å². The first-order valence-electron chi connectivity index (χ1n) is 15.1. The minimum Gasteiger partial charge on any atom is -0.310 e. The van der Waals surface area contributed by atoms with Gasteiger partial charge in [0.2, 0.25) is 5.91 Å². The number of hydrogen-bond donors (Lipinski definition) is 1. The van der Waals surface area contributed by atoms with Crippen molar-refractivity contribution in [3.8, 4) is 17.2 Å². The number of nitrogens with one attached hydrogen (secondary N) is 1. The molecule has 2 atom stereocenters. The summed E-state index contributed by atoms with van der Waals surface area (Å²) in [6, 6.07) is 32.2. The molecule has 0 radical (unpaired) electrons. The van der Waals surface area contributed by atoms with E-state index in [9.17, 15) is 22.8 Å². The minimum absolute atomic E-state index is 0.218. The van der Waals surface area contributed by atoms with E-state index < -0.39 is 24.8 Å². The smallest absolute Gasteiger partial charge is 0.310 e. The van der Waals surface area contributed by atoms with E-state index in [2.05, 4.69) is 16.4 Å². The Kier molecular flexibility index (Phi) is 8.68. The maximum Gasteiger partial charge on any atom is 0.389 e. The summed E-state index contributed by atoms with van der Waals surface area (Å²) >= 11 is 0. The summed E-state index contributed by atoms with van der Waals surface area (Å²) in [5, 5.41) is 13.4. The summed E-state index contributed by atoms with van der Waals surface area (Å²) in [6.07, 6.45) is -4.01. The minimum atomic E-state index is -4.41. The van der Waals surface area contributed by atoms with Gasteiger partial charge in [-0.3, -0.25) is 9.59 Å². The molecule has 1 aromatic heterocycles. The average molecular weight is 631 g/mol. The van der Waals surface area contributed by atoms with Gasteiger partial charge in [0.25, 0.3) is 0 Å². The SMILES string of the molecule is Cc1cc(C(=O)CCC(F)(F)F)ccc1-c1cc(N=C(c2ccccc2)c2ccccc2)c2cnc(NC(=O)[C@H]3C[C@@H]3C#N)cc2c1. The molecule has 0 spiro atoms. The van der Waals surface area contributed by atoms with Crippen molar-refractivity contribution < 1.29 is 22.8 Å². The molecule has 1 amide bonds. The van der Waals surface area contributed by atoms with Crippen molar-refractivity contribution in [2.75, 3.05) is 5.32 Å². The molecular weight excluding hydrogens is 601 g/mol. The van der Waals surface area contributed by atoms with E-state index >= 15 is 0 Å². The number of hydrogen-bond acceptors (Lipinski definition) is 5. The van der Waals surface area contributed by atoms with Crippen molar-refractivity contribution >= 4 is 39.7 Å². The van der Waals surface area contributed by atoms with Gasteiger partial charge < -0.3 is 5.32 Å². The Labute approximate surface area is 269 Å². The number of alkyl halides is 3. The summed E-state index contributed by atoms with van der Waals surface area (Å²) in [5.41, 5.74) is 5.62. The van der Waals surface area contributed by atoms with Crippen LogP contribution < -0.4 is 5.32 Å². The maximum absolute atomic E-state index is 12.7. The third kappa shape index (κ3) is 7.28. The highest BCUT2D eigenvalue weighted by Crippen LogP contribution is 2.39. The molecule has 9 heteroatoms. The number of amides is 1. The van der Waals surface area contributed by atoms with Crippen LogP contribution in [0.4, 0.5) is 24.7 Å². The fraction of sp³-hybridized carbons (Fsp3) is 0.184. The summed E-state index contributed by atoms with van der Waals surface area (Å²) in [6.45, 7) is 1.81. The van der Waals surface area contributed by atoms with Crippen LogP contribution in [0.3, 0.4) is 0 Å². The molecule has 1 saturated carbocycles. The number of carbonyl (C=O) groups is 2. The Balaban J connectivity index is 1.46. The Morgan fingerprint density at radius 2 is 1.62 bits per heavy atom. The Bertz CT molecular complexity index is 2010. The Hall–Kier alpha value is -5.62. The van der Waals surface area contributed by atoms with Crippen molar-refractivity contribution in [3.05, 3.63) is 126 Å². The largest absolute Gasteiger partial charge is 0.389 e. The zero-order chi connectivity index (χ0) is 33.1. The number of rotatable bonds is 9. The number of nitriles is 1. The summed E-state index contributed by atoms with van der Waals surface area (Å²) in [5.74, 6) is -1.13. The van der Waals surface area contributed by atoms with E-state index in [0.717, 1.165) is 38.7 Å². The molecule has 1 fully saturated rings. The van der Waals surface area contributed by atoms with Crippen LogP contribution in [0.1, 0.15) is 46.3 Å². The topological polar surface area (TPSA) is 95.2 Å². The lowest BCUT2D eigenvalue weighted by Crippen LogP contribution is -2.15. The highest BCUT2D eigenvalue weighted by atomic mass is 19.4. The molecule has 1 aliphatic carbocycles. The first-order chi connectivity index (χ1) is 22.6. The normalized spacial score (nSPS) is 15.5. The number of ketones is 1. The number of anilines is 1. The van der Waals surface area contributed by atoms with E-state index in [4.69, 9.17) is 10.3 Å². The highest BCUT2D eigenvalue weighted by molar-refractivity contribution is 6.15. The molecule has 0 unspecified atom stereocenters. The molecule has 234 valence electrons. The maximum atomic E-state index is 12.7. The number of benzene rings is 4. The van der Waals surface area contributed by atoms with E-state index in [1.165, 1.54) is 0 Å². The predicted molar refractivity (Wildman–Crippen MR) is 176 cm³/mol. The Morgan fingerprint density at radius 1 is 0.936 bits per heavy atom. The number of Topliss-reactive ketones (excluding diaryl/α,β-unsaturated/α-hetero) is 1. The van der Waals surface area contributed by atoms with E-state index in [0.29, 0.717) is 23.5 Å². The second-order valence-corrected chi connectivity index (χ2v) is 11.6. The van der Waals surface area contributed by atoms with Crippen molar-refractivity contribution in [1.82, 2.24) is 4.98 Å². The number of fused-ring (bicyclic) bond motifs is 1. The van der Waals surface area contributed by atoms with Crippen molar-refractivity contribution in [3.63, 3.8) is 0 Å². The third-order valence-corrected chi connectivity index (χ3v) is 8.18. The number of nitrogens with zero attached hydrogens (tertiary/aromatic N) is 3. The van der Waals surface area contributed by atoms with Crippen molar-refractivity contribution in [2.24, 2.45) is 16.8 Å². The van der Waals surface area contributed by atoms with Crippen molar-refractivity contribution in [2.45, 2.75) is 32.4 Å². The lowest BCUT2D eigenvalue weighted by Gasteiger charge is -2.14. The van der Waals surface area contributed by atoms with Gasteiger partial charge in [0.15, 0.2) is 5.78 Å². The molecular formula is C38H29F3N4O2. The number of halogens is 3. The number of aryl methyl sites for hydroxylation is 1. The second kappa shape index (κ2) is 13.0. The van der Waals surface area contributed by atoms with Crippen LogP contribution in [-0.2, 0) is 4.79 Å². The Morgan fingerprint density at radius 3 is 2.21 bits per heavy atom. The molecule has 1 N–H and O–H groups in total. The quantitative estimate of drug-likeness (QED) is 0.130. The van der Waals surface area contributed by atoms with Gasteiger partial charge in [-0.25, -0.2) is 9.98 Å². The van der Waals surface area contributed by atoms with Crippen LogP contribution in [0, 0.1) is 30.1 Å². The second-order valence-electron chi connectivity index (χ2n) is 11.6. The summed E-state index contributed by atoms with van der Waals surface area (Å²) in [4.78, 5) is 34.9.